The molecule has 0 unspecified atom stereocenters. The van der Waals surface area contributed by atoms with Gasteiger partial charge in [0.1, 0.15) is 5.82 Å². The zero-order valence-electron chi connectivity index (χ0n) is 16.3. The van der Waals surface area contributed by atoms with E-state index in [2.05, 4.69) is 50.7 Å². The van der Waals surface area contributed by atoms with Crippen LogP contribution in [-0.4, -0.2) is 24.5 Å². The molecular formula is C21H25ClN6. The van der Waals surface area contributed by atoms with Crippen molar-refractivity contribution < 1.29 is 0 Å². The van der Waals surface area contributed by atoms with Gasteiger partial charge in [0.2, 0.25) is 0 Å². The molecule has 0 amide bonds. The number of nitrogens with zero attached hydrogens (tertiary/aromatic N) is 5. The van der Waals surface area contributed by atoms with E-state index in [1.165, 1.54) is 11.3 Å². The maximum atomic E-state index is 6.23. The normalized spacial score (nSPS) is 21.8. The molecule has 7 heteroatoms. The van der Waals surface area contributed by atoms with Crippen LogP contribution >= 0.6 is 11.6 Å². The molecular weight excluding hydrogens is 372 g/mol. The zero-order valence-corrected chi connectivity index (χ0v) is 17.1. The molecule has 6 nitrogen and oxygen atoms in total. The van der Waals surface area contributed by atoms with Gasteiger partial charge in [0.25, 0.3) is 0 Å². The monoisotopic (exact) mass is 396 g/mol. The summed E-state index contributed by atoms with van der Waals surface area (Å²) in [4.78, 5) is 0. The number of aryl methyl sites for hydroxylation is 2. The van der Waals surface area contributed by atoms with E-state index in [1.54, 1.807) is 0 Å². The van der Waals surface area contributed by atoms with Crippen LogP contribution in [0.2, 0.25) is 5.02 Å². The van der Waals surface area contributed by atoms with E-state index < -0.39 is 0 Å². The Morgan fingerprint density at radius 3 is 2.61 bits per heavy atom. The minimum atomic E-state index is 0.427. The van der Waals surface area contributed by atoms with Crippen LogP contribution in [0.25, 0.3) is 5.69 Å². The Hall–Kier alpha value is -2.18. The molecule has 1 saturated carbocycles. The largest absolute Gasteiger partial charge is 0.306 e. The predicted octanol–water partition coefficient (Wildman–Crippen LogP) is 4.24. The molecule has 1 fully saturated rings. The Kier molecular flexibility index (Phi) is 4.48. The highest BCUT2D eigenvalue weighted by Gasteiger charge is 2.30. The first-order valence-electron chi connectivity index (χ1n) is 10.1. The van der Waals surface area contributed by atoms with Crippen molar-refractivity contribution in [2.45, 2.75) is 64.6 Å². The maximum absolute atomic E-state index is 6.23. The Labute approximate surface area is 169 Å². The number of halogens is 1. The molecule has 1 aliphatic carbocycles. The molecule has 5 rings (SSSR count). The molecule has 0 spiro atoms. The molecule has 0 radical (unpaired) electrons. The van der Waals surface area contributed by atoms with Gasteiger partial charge in [-0.1, -0.05) is 11.6 Å². The zero-order chi connectivity index (χ0) is 19.3. The molecule has 0 saturated heterocycles. The summed E-state index contributed by atoms with van der Waals surface area (Å²) in [5.74, 6) is 2.50. The lowest BCUT2D eigenvalue weighted by Crippen LogP contribution is -2.21. The highest BCUT2D eigenvalue weighted by atomic mass is 35.5. The van der Waals surface area contributed by atoms with Crippen LogP contribution in [0.15, 0.2) is 24.3 Å². The second kappa shape index (κ2) is 7.01. The van der Waals surface area contributed by atoms with Crippen molar-refractivity contribution in [3.63, 3.8) is 0 Å². The van der Waals surface area contributed by atoms with Gasteiger partial charge in [-0.3, -0.25) is 9.25 Å². The topological polar surface area (TPSA) is 60.6 Å². The van der Waals surface area contributed by atoms with Crippen molar-refractivity contribution in [3.8, 4) is 5.69 Å². The Morgan fingerprint density at radius 1 is 1.04 bits per heavy atom. The van der Waals surface area contributed by atoms with E-state index in [9.17, 15) is 0 Å². The number of nitrogens with one attached hydrogen (secondary N) is 1. The fourth-order valence-electron chi connectivity index (χ4n) is 4.79. The van der Waals surface area contributed by atoms with Gasteiger partial charge >= 0.3 is 0 Å². The highest BCUT2D eigenvalue weighted by molar-refractivity contribution is 6.30. The standard InChI is InChI=1S/C21H25ClN6/c1-13-9-14(2)28(26-13)18-6-3-15(4-7-18)21-25-24-20-12-23-11-16-10-17(22)5-8-19(16)27(20)21/h5,8-10,15,18,23H,3-4,6-7,11-12H2,1-2H3/t15-,18-. The summed E-state index contributed by atoms with van der Waals surface area (Å²) >= 11 is 6.23. The molecule has 1 N–H and O–H groups in total. The number of fused-ring (bicyclic) bond motifs is 3. The van der Waals surface area contributed by atoms with Gasteiger partial charge in [-0.05, 0) is 69.4 Å². The van der Waals surface area contributed by atoms with E-state index in [0.29, 0.717) is 12.0 Å². The van der Waals surface area contributed by atoms with Gasteiger partial charge in [0, 0.05) is 23.2 Å². The lowest BCUT2D eigenvalue weighted by molar-refractivity contribution is 0.292. The highest BCUT2D eigenvalue weighted by Crippen LogP contribution is 2.39. The molecule has 2 aliphatic rings. The van der Waals surface area contributed by atoms with Crippen molar-refractivity contribution in [3.05, 3.63) is 57.9 Å². The van der Waals surface area contributed by atoms with Crippen molar-refractivity contribution in [1.82, 2.24) is 29.9 Å². The van der Waals surface area contributed by atoms with Gasteiger partial charge in [-0.25, -0.2) is 0 Å². The molecule has 1 aromatic carbocycles. The lowest BCUT2D eigenvalue weighted by atomic mass is 9.85. The van der Waals surface area contributed by atoms with Gasteiger partial charge in [0.05, 0.1) is 24.0 Å². The maximum Gasteiger partial charge on any atom is 0.151 e. The summed E-state index contributed by atoms with van der Waals surface area (Å²) in [7, 11) is 0. The van der Waals surface area contributed by atoms with Crippen LogP contribution in [0.5, 0.6) is 0 Å². The molecule has 28 heavy (non-hydrogen) atoms. The third-order valence-electron chi connectivity index (χ3n) is 6.09. The Morgan fingerprint density at radius 2 is 1.86 bits per heavy atom. The van der Waals surface area contributed by atoms with E-state index in [1.807, 2.05) is 12.1 Å². The van der Waals surface area contributed by atoms with Crippen LogP contribution in [0, 0.1) is 13.8 Å². The van der Waals surface area contributed by atoms with Crippen molar-refractivity contribution in [2.24, 2.45) is 0 Å². The lowest BCUT2D eigenvalue weighted by Gasteiger charge is -2.29. The summed E-state index contributed by atoms with van der Waals surface area (Å²) in [5, 5.41) is 18.0. The van der Waals surface area contributed by atoms with Crippen LogP contribution in [-0.2, 0) is 13.1 Å². The first-order valence-corrected chi connectivity index (χ1v) is 10.4. The summed E-state index contributed by atoms with van der Waals surface area (Å²) in [6, 6.07) is 8.76. The second-order valence-electron chi connectivity index (χ2n) is 8.06. The molecule has 3 aromatic rings. The SMILES string of the molecule is Cc1cc(C)n([C@H]2CC[C@H](c3nnc4n3-c3ccc(Cl)cc3CNC4)CC2)n1. The van der Waals surface area contributed by atoms with Crippen LogP contribution in [0.3, 0.4) is 0 Å². The van der Waals surface area contributed by atoms with E-state index >= 15 is 0 Å². The number of hydrogen-bond acceptors (Lipinski definition) is 4. The molecule has 2 aromatic heterocycles. The smallest absolute Gasteiger partial charge is 0.151 e. The minimum Gasteiger partial charge on any atom is -0.306 e. The quantitative estimate of drug-likeness (QED) is 0.703. The summed E-state index contributed by atoms with van der Waals surface area (Å²) in [6.45, 7) is 5.74. The third-order valence-corrected chi connectivity index (χ3v) is 6.32. The molecule has 3 heterocycles. The van der Waals surface area contributed by atoms with Crippen LogP contribution < -0.4 is 5.32 Å². The first kappa shape index (κ1) is 17.9. The molecule has 0 bridgehead atoms. The van der Waals surface area contributed by atoms with Crippen LogP contribution in [0.4, 0.5) is 0 Å². The number of rotatable bonds is 2. The number of benzene rings is 1. The van der Waals surface area contributed by atoms with Gasteiger partial charge in [-0.15, -0.1) is 10.2 Å². The van der Waals surface area contributed by atoms with Gasteiger partial charge < -0.3 is 5.32 Å². The molecule has 0 atom stereocenters. The predicted molar refractivity (Wildman–Crippen MR) is 109 cm³/mol. The fourth-order valence-corrected chi connectivity index (χ4v) is 4.98. The van der Waals surface area contributed by atoms with E-state index in [0.717, 1.165) is 66.8 Å². The van der Waals surface area contributed by atoms with Crippen LogP contribution in [0.1, 0.15) is 66.2 Å². The Bertz CT molecular complexity index is 1010. The van der Waals surface area contributed by atoms with E-state index in [-0.39, 0.29) is 0 Å². The fraction of sp³-hybridized carbons (Fsp3) is 0.476. The summed E-state index contributed by atoms with van der Waals surface area (Å²) in [5.41, 5.74) is 4.72. The number of aromatic nitrogens is 5. The van der Waals surface area contributed by atoms with Gasteiger partial charge in [-0.2, -0.15) is 5.10 Å². The average molecular weight is 397 g/mol. The Balaban J connectivity index is 1.43. The second-order valence-corrected chi connectivity index (χ2v) is 8.50. The van der Waals surface area contributed by atoms with Crippen molar-refractivity contribution >= 4 is 11.6 Å². The first-order chi connectivity index (χ1) is 13.6. The summed E-state index contributed by atoms with van der Waals surface area (Å²) < 4.78 is 4.48. The van der Waals surface area contributed by atoms with E-state index in [4.69, 9.17) is 16.7 Å². The van der Waals surface area contributed by atoms with Crippen molar-refractivity contribution in [2.75, 3.05) is 0 Å². The van der Waals surface area contributed by atoms with Crippen molar-refractivity contribution in [1.29, 1.82) is 0 Å². The summed E-state index contributed by atoms with van der Waals surface area (Å²) in [6.07, 6.45) is 4.47. The minimum absolute atomic E-state index is 0.427. The third kappa shape index (κ3) is 3.05. The van der Waals surface area contributed by atoms with Gasteiger partial charge in [0.15, 0.2) is 5.82 Å². The molecule has 146 valence electrons. The molecule has 1 aliphatic heterocycles. The average Bonchev–Trinajstić information content (AvgIpc) is 3.20. The number of hydrogen-bond donors (Lipinski definition) is 1.